The largest absolute Gasteiger partial charge is 0.272 e. The molecule has 4 heteroatoms. The predicted molar refractivity (Wildman–Crippen MR) is 101 cm³/mol. The Balaban J connectivity index is 1.92. The standard InChI is InChI=1S/C21H15N3O/c1-13(23-24-19(25)11-12-22)17-9-7-16-6-5-14-3-2-4-15-8-10-18(17)21(16)20(14)15/h2-10H,11H2,1H3,(H,24,25)/b23-13+. The third-order valence-electron chi connectivity index (χ3n) is 4.51. The zero-order chi connectivity index (χ0) is 17.4. The second kappa shape index (κ2) is 5.88. The lowest BCUT2D eigenvalue weighted by molar-refractivity contribution is -0.120. The van der Waals surface area contributed by atoms with E-state index in [9.17, 15) is 4.79 Å². The molecule has 4 aromatic carbocycles. The van der Waals surface area contributed by atoms with Crippen molar-refractivity contribution >= 4 is 43.9 Å². The van der Waals surface area contributed by atoms with Crippen LogP contribution in [0.1, 0.15) is 18.9 Å². The predicted octanol–water partition coefficient (Wildman–Crippen LogP) is 4.34. The van der Waals surface area contributed by atoms with Gasteiger partial charge in [-0.1, -0.05) is 54.6 Å². The number of hydrazone groups is 1. The lowest BCUT2D eigenvalue weighted by atomic mass is 9.91. The number of nitriles is 1. The van der Waals surface area contributed by atoms with Crippen molar-refractivity contribution in [3.63, 3.8) is 0 Å². The SMILES string of the molecule is C/C(=N\NC(=O)CC#N)c1ccc2ccc3cccc4ccc1c2c34. The van der Waals surface area contributed by atoms with Gasteiger partial charge < -0.3 is 0 Å². The van der Waals surface area contributed by atoms with Gasteiger partial charge in [0.1, 0.15) is 6.42 Å². The maximum atomic E-state index is 11.5. The molecule has 25 heavy (non-hydrogen) atoms. The quantitative estimate of drug-likeness (QED) is 0.346. The third kappa shape index (κ3) is 2.47. The molecule has 4 rings (SSSR count). The Morgan fingerprint density at radius 3 is 2.36 bits per heavy atom. The molecule has 0 fully saturated rings. The fourth-order valence-electron chi connectivity index (χ4n) is 3.37. The van der Waals surface area contributed by atoms with Crippen LogP contribution in [-0.4, -0.2) is 11.6 Å². The van der Waals surface area contributed by atoms with E-state index in [1.165, 1.54) is 26.9 Å². The molecule has 0 aliphatic carbocycles. The van der Waals surface area contributed by atoms with Gasteiger partial charge in [0.15, 0.2) is 0 Å². The maximum absolute atomic E-state index is 11.5. The summed E-state index contributed by atoms with van der Waals surface area (Å²) in [5.74, 6) is -0.403. The van der Waals surface area contributed by atoms with Crippen LogP contribution in [0, 0.1) is 11.3 Å². The summed E-state index contributed by atoms with van der Waals surface area (Å²) in [4.78, 5) is 11.5. The Bertz CT molecular complexity index is 1170. The lowest BCUT2D eigenvalue weighted by Crippen LogP contribution is -2.18. The molecule has 1 amide bonds. The van der Waals surface area contributed by atoms with E-state index in [0.717, 1.165) is 10.9 Å². The van der Waals surface area contributed by atoms with Gasteiger partial charge in [-0.2, -0.15) is 10.4 Å². The van der Waals surface area contributed by atoms with E-state index in [4.69, 9.17) is 5.26 Å². The van der Waals surface area contributed by atoms with Crippen LogP contribution in [0.15, 0.2) is 59.7 Å². The van der Waals surface area contributed by atoms with Gasteiger partial charge in [0.25, 0.3) is 5.91 Å². The van der Waals surface area contributed by atoms with E-state index in [1.54, 1.807) is 0 Å². The van der Waals surface area contributed by atoms with Crippen LogP contribution in [0.3, 0.4) is 0 Å². The molecule has 4 aromatic rings. The lowest BCUT2D eigenvalue weighted by Gasteiger charge is -2.13. The van der Waals surface area contributed by atoms with Crippen LogP contribution in [0.25, 0.3) is 32.3 Å². The van der Waals surface area contributed by atoms with Gasteiger partial charge in [0.05, 0.1) is 11.8 Å². The average molecular weight is 325 g/mol. The normalized spacial score (nSPS) is 11.9. The van der Waals surface area contributed by atoms with Crippen LogP contribution in [-0.2, 0) is 4.79 Å². The van der Waals surface area contributed by atoms with Gasteiger partial charge in [-0.15, -0.1) is 0 Å². The van der Waals surface area contributed by atoms with Crippen LogP contribution in [0.2, 0.25) is 0 Å². The van der Waals surface area contributed by atoms with Gasteiger partial charge in [-0.3, -0.25) is 4.79 Å². The Kier molecular flexibility index (Phi) is 3.55. The number of benzene rings is 4. The molecule has 0 aliphatic rings. The molecular weight excluding hydrogens is 310 g/mol. The number of rotatable bonds is 3. The monoisotopic (exact) mass is 325 g/mol. The van der Waals surface area contributed by atoms with Gasteiger partial charge >= 0.3 is 0 Å². The number of carbonyl (C=O) groups is 1. The van der Waals surface area contributed by atoms with Crippen molar-refractivity contribution in [2.75, 3.05) is 0 Å². The number of nitrogens with one attached hydrogen (secondary N) is 1. The molecule has 120 valence electrons. The molecule has 0 atom stereocenters. The molecule has 0 unspecified atom stereocenters. The molecule has 4 nitrogen and oxygen atoms in total. The zero-order valence-electron chi connectivity index (χ0n) is 13.7. The van der Waals surface area contributed by atoms with Gasteiger partial charge in [-0.25, -0.2) is 5.43 Å². The summed E-state index contributed by atoms with van der Waals surface area (Å²) < 4.78 is 0. The van der Waals surface area contributed by atoms with E-state index < -0.39 is 5.91 Å². The van der Waals surface area contributed by atoms with Crippen molar-refractivity contribution in [2.45, 2.75) is 13.3 Å². The Morgan fingerprint density at radius 1 is 1.00 bits per heavy atom. The number of hydrogen-bond acceptors (Lipinski definition) is 3. The minimum Gasteiger partial charge on any atom is -0.272 e. The smallest absolute Gasteiger partial charge is 0.254 e. The maximum Gasteiger partial charge on any atom is 0.254 e. The average Bonchev–Trinajstić information content (AvgIpc) is 2.64. The molecule has 0 radical (unpaired) electrons. The summed E-state index contributed by atoms with van der Waals surface area (Å²) in [7, 11) is 0. The first-order chi connectivity index (χ1) is 12.2. The minimum absolute atomic E-state index is 0.199. The highest BCUT2D eigenvalue weighted by Gasteiger charge is 2.12. The van der Waals surface area contributed by atoms with Crippen LogP contribution in [0.5, 0.6) is 0 Å². The number of nitrogens with zero attached hydrogens (tertiary/aromatic N) is 2. The summed E-state index contributed by atoms with van der Waals surface area (Å²) in [6, 6.07) is 20.7. The summed E-state index contributed by atoms with van der Waals surface area (Å²) >= 11 is 0. The fraction of sp³-hybridized carbons (Fsp3) is 0.0952. The minimum atomic E-state index is -0.403. The molecule has 0 heterocycles. The van der Waals surface area contributed by atoms with E-state index in [0.29, 0.717) is 5.71 Å². The summed E-state index contributed by atoms with van der Waals surface area (Å²) in [5.41, 5.74) is 4.12. The second-order valence-electron chi connectivity index (χ2n) is 6.04. The topological polar surface area (TPSA) is 65.2 Å². The zero-order valence-corrected chi connectivity index (χ0v) is 13.7. The molecule has 0 saturated heterocycles. The van der Waals surface area contributed by atoms with Crippen molar-refractivity contribution < 1.29 is 4.79 Å². The van der Waals surface area contributed by atoms with E-state index in [2.05, 4.69) is 59.1 Å². The number of carbonyl (C=O) groups excluding carboxylic acids is 1. The molecular formula is C21H15N3O. The molecule has 1 N–H and O–H groups in total. The van der Waals surface area contributed by atoms with Gasteiger partial charge in [0, 0.05) is 5.56 Å². The van der Waals surface area contributed by atoms with Crippen molar-refractivity contribution in [2.24, 2.45) is 5.10 Å². The third-order valence-corrected chi connectivity index (χ3v) is 4.51. The molecule has 0 spiro atoms. The van der Waals surface area contributed by atoms with Crippen LogP contribution in [0.4, 0.5) is 0 Å². The Morgan fingerprint density at radius 2 is 1.64 bits per heavy atom. The Hall–Kier alpha value is -3.45. The van der Waals surface area contributed by atoms with Gasteiger partial charge in [-0.05, 0) is 39.2 Å². The first kappa shape index (κ1) is 15.1. The highest BCUT2D eigenvalue weighted by atomic mass is 16.2. The first-order valence-electron chi connectivity index (χ1n) is 8.06. The number of hydrogen-bond donors (Lipinski definition) is 1. The van der Waals surface area contributed by atoms with Crippen LogP contribution >= 0.6 is 0 Å². The molecule has 0 saturated carbocycles. The van der Waals surface area contributed by atoms with E-state index in [1.807, 2.05) is 19.1 Å². The first-order valence-corrected chi connectivity index (χ1v) is 8.06. The van der Waals surface area contributed by atoms with Crippen molar-refractivity contribution in [3.05, 3.63) is 60.2 Å². The summed E-state index contributed by atoms with van der Waals surface area (Å²) in [6.07, 6.45) is -0.199. The van der Waals surface area contributed by atoms with Crippen molar-refractivity contribution in [1.82, 2.24) is 5.43 Å². The van der Waals surface area contributed by atoms with Gasteiger partial charge in [0.2, 0.25) is 0 Å². The van der Waals surface area contributed by atoms with Crippen molar-refractivity contribution in [3.8, 4) is 6.07 Å². The Labute approximate surface area is 144 Å². The molecule has 0 aliphatic heterocycles. The van der Waals surface area contributed by atoms with E-state index in [-0.39, 0.29) is 6.42 Å². The molecule has 0 bridgehead atoms. The second-order valence-corrected chi connectivity index (χ2v) is 6.04. The van der Waals surface area contributed by atoms with E-state index >= 15 is 0 Å². The highest BCUT2D eigenvalue weighted by molar-refractivity contribution is 6.26. The summed E-state index contributed by atoms with van der Waals surface area (Å²) in [5, 5.41) is 19.9. The summed E-state index contributed by atoms with van der Waals surface area (Å²) in [6.45, 7) is 1.86. The molecule has 0 aromatic heterocycles. The van der Waals surface area contributed by atoms with Crippen molar-refractivity contribution in [1.29, 1.82) is 5.26 Å². The fourth-order valence-corrected chi connectivity index (χ4v) is 3.37. The number of amides is 1. The highest BCUT2D eigenvalue weighted by Crippen LogP contribution is 2.35. The van der Waals surface area contributed by atoms with Crippen LogP contribution < -0.4 is 5.43 Å².